The summed E-state index contributed by atoms with van der Waals surface area (Å²) in [5, 5.41) is 3.14. The summed E-state index contributed by atoms with van der Waals surface area (Å²) < 4.78 is 5.52. The third kappa shape index (κ3) is 4.26. The summed E-state index contributed by atoms with van der Waals surface area (Å²) >= 11 is 0. The molecule has 1 saturated carbocycles. The van der Waals surface area contributed by atoms with Crippen molar-refractivity contribution in [3.8, 4) is 5.75 Å². The Morgan fingerprint density at radius 3 is 2.45 bits per heavy atom. The second kappa shape index (κ2) is 7.32. The molecule has 2 rings (SSSR count). The minimum absolute atomic E-state index is 0.0339. The van der Waals surface area contributed by atoms with Gasteiger partial charge in [0.25, 0.3) is 5.91 Å². The Balaban J connectivity index is 1.85. The van der Waals surface area contributed by atoms with Crippen LogP contribution in [0.1, 0.15) is 56.3 Å². The van der Waals surface area contributed by atoms with E-state index in [1.165, 1.54) is 12.8 Å². The van der Waals surface area contributed by atoms with Crippen molar-refractivity contribution in [3.05, 3.63) is 29.8 Å². The molecule has 0 heterocycles. The first-order valence-corrected chi connectivity index (χ1v) is 7.72. The van der Waals surface area contributed by atoms with E-state index in [1.54, 1.807) is 0 Å². The van der Waals surface area contributed by atoms with Crippen molar-refractivity contribution < 1.29 is 9.53 Å². The number of ether oxygens (including phenoxy) is 1. The smallest absolute Gasteiger partial charge is 0.251 e. The molecule has 0 aromatic heterocycles. The van der Waals surface area contributed by atoms with Gasteiger partial charge >= 0.3 is 0 Å². The fourth-order valence-electron chi connectivity index (χ4n) is 2.60. The van der Waals surface area contributed by atoms with Gasteiger partial charge < -0.3 is 10.1 Å². The molecule has 1 aromatic rings. The Morgan fingerprint density at radius 1 is 1.20 bits per heavy atom. The molecule has 3 heteroatoms. The van der Waals surface area contributed by atoms with E-state index >= 15 is 0 Å². The zero-order chi connectivity index (χ0) is 14.4. The fraction of sp³-hybridized carbons (Fsp3) is 0.588. The molecule has 110 valence electrons. The summed E-state index contributed by atoms with van der Waals surface area (Å²) in [5.41, 5.74) is 0.715. The number of hydrogen-bond acceptors (Lipinski definition) is 2. The van der Waals surface area contributed by atoms with Crippen LogP contribution in [0.15, 0.2) is 24.3 Å². The Hall–Kier alpha value is -1.51. The average Bonchev–Trinajstić information content (AvgIpc) is 2.48. The minimum Gasteiger partial charge on any atom is -0.494 e. The van der Waals surface area contributed by atoms with E-state index in [1.807, 2.05) is 24.3 Å². The predicted octanol–water partition coefficient (Wildman–Crippen LogP) is 3.78. The van der Waals surface area contributed by atoms with Crippen molar-refractivity contribution in [1.82, 2.24) is 5.32 Å². The molecule has 0 saturated heterocycles. The lowest BCUT2D eigenvalue weighted by Gasteiger charge is -2.26. The van der Waals surface area contributed by atoms with Crippen LogP contribution in [0.2, 0.25) is 0 Å². The van der Waals surface area contributed by atoms with E-state index in [9.17, 15) is 4.79 Å². The molecule has 3 nitrogen and oxygen atoms in total. The first kappa shape index (κ1) is 14.9. The topological polar surface area (TPSA) is 38.3 Å². The first-order valence-electron chi connectivity index (χ1n) is 7.72. The SMILES string of the molecule is CCCOc1ccc(C(=O)NC2CCC(C)CC2)cc1. The van der Waals surface area contributed by atoms with Crippen molar-refractivity contribution in [1.29, 1.82) is 0 Å². The average molecular weight is 275 g/mol. The van der Waals surface area contributed by atoms with Crippen LogP contribution >= 0.6 is 0 Å². The maximum absolute atomic E-state index is 12.2. The van der Waals surface area contributed by atoms with E-state index in [0.29, 0.717) is 18.2 Å². The van der Waals surface area contributed by atoms with Crippen molar-refractivity contribution in [2.24, 2.45) is 5.92 Å². The van der Waals surface area contributed by atoms with Gasteiger partial charge in [0.15, 0.2) is 0 Å². The van der Waals surface area contributed by atoms with Crippen molar-refractivity contribution in [3.63, 3.8) is 0 Å². The highest BCUT2D eigenvalue weighted by molar-refractivity contribution is 5.94. The molecule has 1 aliphatic carbocycles. The van der Waals surface area contributed by atoms with Gasteiger partial charge in [0.2, 0.25) is 0 Å². The Morgan fingerprint density at radius 2 is 1.85 bits per heavy atom. The van der Waals surface area contributed by atoms with Gasteiger partial charge in [0.1, 0.15) is 5.75 Å². The third-order valence-electron chi connectivity index (χ3n) is 3.94. The number of carbonyl (C=O) groups excluding carboxylic acids is 1. The minimum atomic E-state index is 0.0339. The van der Waals surface area contributed by atoms with Gasteiger partial charge in [0, 0.05) is 11.6 Å². The molecular weight excluding hydrogens is 250 g/mol. The lowest BCUT2D eigenvalue weighted by Crippen LogP contribution is -2.37. The van der Waals surface area contributed by atoms with E-state index < -0.39 is 0 Å². The maximum atomic E-state index is 12.2. The zero-order valence-electron chi connectivity index (χ0n) is 12.5. The number of hydrogen-bond donors (Lipinski definition) is 1. The highest BCUT2D eigenvalue weighted by Crippen LogP contribution is 2.23. The van der Waals surface area contributed by atoms with Gasteiger partial charge in [-0.25, -0.2) is 0 Å². The molecule has 0 atom stereocenters. The largest absolute Gasteiger partial charge is 0.494 e. The van der Waals surface area contributed by atoms with Gasteiger partial charge in [-0.05, 0) is 62.3 Å². The molecule has 1 N–H and O–H groups in total. The summed E-state index contributed by atoms with van der Waals surface area (Å²) in [6, 6.07) is 7.76. The normalized spacial score (nSPS) is 22.3. The van der Waals surface area contributed by atoms with Crippen LogP contribution < -0.4 is 10.1 Å². The summed E-state index contributed by atoms with van der Waals surface area (Å²) in [7, 11) is 0. The Bertz CT molecular complexity index is 419. The molecule has 0 unspecified atom stereocenters. The van der Waals surface area contributed by atoms with Gasteiger partial charge in [-0.15, -0.1) is 0 Å². The molecule has 1 amide bonds. The third-order valence-corrected chi connectivity index (χ3v) is 3.94. The molecule has 0 bridgehead atoms. The van der Waals surface area contributed by atoms with Crippen molar-refractivity contribution in [2.45, 2.75) is 52.0 Å². The van der Waals surface area contributed by atoms with Gasteiger partial charge in [-0.2, -0.15) is 0 Å². The van der Waals surface area contributed by atoms with Crippen LogP contribution in [-0.2, 0) is 0 Å². The summed E-state index contributed by atoms with van der Waals surface area (Å²) in [5.74, 6) is 1.67. The number of carbonyl (C=O) groups is 1. The highest BCUT2D eigenvalue weighted by atomic mass is 16.5. The molecule has 0 spiro atoms. The van der Waals surface area contributed by atoms with E-state index in [4.69, 9.17) is 4.74 Å². The summed E-state index contributed by atoms with van der Waals surface area (Å²) in [6.07, 6.45) is 5.63. The van der Waals surface area contributed by atoms with Crippen LogP contribution in [0.5, 0.6) is 5.75 Å². The number of rotatable bonds is 5. The first-order chi connectivity index (χ1) is 9.69. The van der Waals surface area contributed by atoms with Gasteiger partial charge in [-0.1, -0.05) is 13.8 Å². The zero-order valence-corrected chi connectivity index (χ0v) is 12.5. The number of nitrogens with one attached hydrogen (secondary N) is 1. The van der Waals surface area contributed by atoms with Crippen molar-refractivity contribution >= 4 is 5.91 Å². The van der Waals surface area contributed by atoms with Gasteiger partial charge in [-0.3, -0.25) is 4.79 Å². The van der Waals surface area contributed by atoms with Crippen LogP contribution in [0.3, 0.4) is 0 Å². The van der Waals surface area contributed by atoms with Crippen LogP contribution in [0.25, 0.3) is 0 Å². The van der Waals surface area contributed by atoms with E-state index in [0.717, 1.165) is 30.9 Å². The lowest BCUT2D eigenvalue weighted by atomic mass is 9.87. The Kier molecular flexibility index (Phi) is 5.45. The van der Waals surface area contributed by atoms with Gasteiger partial charge in [0.05, 0.1) is 6.61 Å². The molecule has 0 radical (unpaired) electrons. The number of benzene rings is 1. The van der Waals surface area contributed by atoms with Crippen LogP contribution in [-0.4, -0.2) is 18.6 Å². The van der Waals surface area contributed by atoms with E-state index in [2.05, 4.69) is 19.2 Å². The van der Waals surface area contributed by atoms with Crippen LogP contribution in [0, 0.1) is 5.92 Å². The van der Waals surface area contributed by atoms with E-state index in [-0.39, 0.29) is 5.91 Å². The molecule has 1 aromatic carbocycles. The maximum Gasteiger partial charge on any atom is 0.251 e. The van der Waals surface area contributed by atoms with Crippen molar-refractivity contribution in [2.75, 3.05) is 6.61 Å². The predicted molar refractivity (Wildman–Crippen MR) is 81.1 cm³/mol. The summed E-state index contributed by atoms with van der Waals surface area (Å²) in [4.78, 5) is 12.2. The fourth-order valence-corrected chi connectivity index (χ4v) is 2.60. The molecule has 1 fully saturated rings. The second-order valence-electron chi connectivity index (χ2n) is 5.80. The molecular formula is C17H25NO2. The Labute approximate surface area is 121 Å². The quantitative estimate of drug-likeness (QED) is 0.888. The molecule has 20 heavy (non-hydrogen) atoms. The molecule has 0 aliphatic heterocycles. The number of amides is 1. The van der Waals surface area contributed by atoms with Crippen LogP contribution in [0.4, 0.5) is 0 Å². The monoisotopic (exact) mass is 275 g/mol. The lowest BCUT2D eigenvalue weighted by molar-refractivity contribution is 0.0923. The standard InChI is InChI=1S/C17H25NO2/c1-3-12-20-16-10-6-14(7-11-16)17(19)18-15-8-4-13(2)5-9-15/h6-7,10-11,13,15H,3-5,8-9,12H2,1-2H3,(H,18,19). The highest BCUT2D eigenvalue weighted by Gasteiger charge is 2.20. The second-order valence-corrected chi connectivity index (χ2v) is 5.80. The summed E-state index contributed by atoms with van der Waals surface area (Å²) in [6.45, 7) is 5.08. The molecule has 1 aliphatic rings.